The molecule has 1 rings (SSSR count). The summed E-state index contributed by atoms with van der Waals surface area (Å²) in [4.78, 5) is 0. The van der Waals surface area contributed by atoms with Crippen LogP contribution in [-0.4, -0.2) is 37.0 Å². The van der Waals surface area contributed by atoms with Crippen LogP contribution >= 0.6 is 0 Å². The molecule has 0 aromatic heterocycles. The molecular formula is C15H31NO2. The van der Waals surface area contributed by atoms with Gasteiger partial charge in [-0.2, -0.15) is 0 Å². The number of hydrogen-bond acceptors (Lipinski definition) is 3. The highest BCUT2D eigenvalue weighted by Gasteiger charge is 2.27. The molecule has 0 heterocycles. The fourth-order valence-electron chi connectivity index (χ4n) is 2.70. The average molecular weight is 257 g/mol. The van der Waals surface area contributed by atoms with Gasteiger partial charge in [0, 0.05) is 19.2 Å². The Kier molecular flexibility index (Phi) is 7.20. The van der Waals surface area contributed by atoms with Crippen molar-refractivity contribution < 1.29 is 9.84 Å². The third-order valence-corrected chi connectivity index (χ3v) is 3.80. The van der Waals surface area contributed by atoms with Gasteiger partial charge in [0.2, 0.25) is 0 Å². The first-order chi connectivity index (χ1) is 8.53. The van der Waals surface area contributed by atoms with Crippen molar-refractivity contribution in [2.24, 2.45) is 5.41 Å². The quantitative estimate of drug-likeness (QED) is 0.657. The Morgan fingerprint density at radius 3 is 2.89 bits per heavy atom. The molecule has 0 aliphatic heterocycles. The molecule has 18 heavy (non-hydrogen) atoms. The van der Waals surface area contributed by atoms with E-state index < -0.39 is 0 Å². The number of ether oxygens (including phenoxy) is 1. The van der Waals surface area contributed by atoms with Crippen LogP contribution in [0.5, 0.6) is 0 Å². The minimum absolute atomic E-state index is 0.369. The van der Waals surface area contributed by atoms with E-state index in [2.05, 4.69) is 26.1 Å². The summed E-state index contributed by atoms with van der Waals surface area (Å²) in [5.41, 5.74) is 0.457. The molecule has 0 radical (unpaired) electrons. The molecule has 1 aliphatic rings. The predicted molar refractivity (Wildman–Crippen MR) is 75.8 cm³/mol. The first kappa shape index (κ1) is 15.9. The van der Waals surface area contributed by atoms with Crippen molar-refractivity contribution in [3.05, 3.63) is 0 Å². The van der Waals surface area contributed by atoms with Crippen LogP contribution in [0.3, 0.4) is 0 Å². The summed E-state index contributed by atoms with van der Waals surface area (Å²) in [6, 6.07) is 0.569. The van der Waals surface area contributed by atoms with Crippen molar-refractivity contribution in [3.63, 3.8) is 0 Å². The second-order valence-corrected chi connectivity index (χ2v) is 6.45. The van der Waals surface area contributed by atoms with Crippen molar-refractivity contribution in [1.29, 1.82) is 0 Å². The molecular weight excluding hydrogens is 226 g/mol. The van der Waals surface area contributed by atoms with E-state index in [4.69, 9.17) is 4.74 Å². The minimum Gasteiger partial charge on any atom is -0.389 e. The Bertz CT molecular complexity index is 219. The summed E-state index contributed by atoms with van der Waals surface area (Å²) in [5, 5.41) is 13.3. The number of unbranched alkanes of at least 4 members (excludes halogenated alkanes) is 1. The smallest absolute Gasteiger partial charge is 0.0897 e. The molecule has 3 nitrogen and oxygen atoms in total. The molecule has 3 heteroatoms. The summed E-state index contributed by atoms with van der Waals surface area (Å²) < 4.78 is 5.43. The molecule has 0 aromatic carbocycles. The van der Waals surface area contributed by atoms with E-state index in [1.165, 1.54) is 25.7 Å². The minimum atomic E-state index is -0.369. The topological polar surface area (TPSA) is 41.5 Å². The Hall–Kier alpha value is -0.120. The van der Waals surface area contributed by atoms with Crippen molar-refractivity contribution >= 4 is 0 Å². The molecule has 0 spiro atoms. The van der Waals surface area contributed by atoms with Crippen LogP contribution in [0.1, 0.15) is 59.3 Å². The highest BCUT2D eigenvalue weighted by Crippen LogP contribution is 2.34. The third kappa shape index (κ3) is 6.72. The first-order valence-corrected chi connectivity index (χ1v) is 7.52. The van der Waals surface area contributed by atoms with Crippen LogP contribution < -0.4 is 5.32 Å². The SMILES string of the molecule is CCCCOCC(O)CNC1CCCC(C)(C)C1. The fourth-order valence-corrected chi connectivity index (χ4v) is 2.70. The second-order valence-electron chi connectivity index (χ2n) is 6.45. The van der Waals surface area contributed by atoms with Crippen LogP contribution in [0.15, 0.2) is 0 Å². The van der Waals surface area contributed by atoms with E-state index in [9.17, 15) is 5.11 Å². The molecule has 0 aromatic rings. The van der Waals surface area contributed by atoms with E-state index in [1.807, 2.05) is 0 Å². The van der Waals surface area contributed by atoms with Gasteiger partial charge in [-0.15, -0.1) is 0 Å². The zero-order chi connectivity index (χ0) is 13.4. The van der Waals surface area contributed by atoms with Crippen LogP contribution in [0.2, 0.25) is 0 Å². The lowest BCUT2D eigenvalue weighted by molar-refractivity contribution is 0.0326. The lowest BCUT2D eigenvalue weighted by Crippen LogP contribution is -2.41. The number of aliphatic hydroxyl groups excluding tert-OH is 1. The molecule has 1 saturated carbocycles. The van der Waals surface area contributed by atoms with E-state index >= 15 is 0 Å². The summed E-state index contributed by atoms with van der Waals surface area (Å²) in [7, 11) is 0. The van der Waals surface area contributed by atoms with E-state index in [0.717, 1.165) is 19.4 Å². The van der Waals surface area contributed by atoms with Crippen molar-refractivity contribution in [2.45, 2.75) is 71.4 Å². The Labute approximate surface area is 112 Å². The molecule has 2 N–H and O–H groups in total. The average Bonchev–Trinajstić information content (AvgIpc) is 2.31. The van der Waals surface area contributed by atoms with Crippen molar-refractivity contribution in [2.75, 3.05) is 19.8 Å². The van der Waals surface area contributed by atoms with Crippen molar-refractivity contribution in [1.82, 2.24) is 5.32 Å². The highest BCUT2D eigenvalue weighted by atomic mass is 16.5. The highest BCUT2D eigenvalue weighted by molar-refractivity contribution is 4.83. The standard InChI is InChI=1S/C15H31NO2/c1-4-5-9-18-12-14(17)11-16-13-7-6-8-15(2,3)10-13/h13-14,16-17H,4-12H2,1-3H3. The molecule has 2 unspecified atom stereocenters. The lowest BCUT2D eigenvalue weighted by Gasteiger charge is -2.36. The first-order valence-electron chi connectivity index (χ1n) is 7.52. The van der Waals surface area contributed by atoms with E-state index in [0.29, 0.717) is 24.6 Å². The van der Waals surface area contributed by atoms with Crippen LogP contribution in [0.25, 0.3) is 0 Å². The predicted octanol–water partition coefficient (Wildman–Crippen LogP) is 2.72. The normalized spacial score (nSPS) is 25.0. The van der Waals surface area contributed by atoms with Gasteiger partial charge in [0.05, 0.1) is 12.7 Å². The summed E-state index contributed by atoms with van der Waals surface area (Å²) in [6.45, 7) is 8.71. The van der Waals surface area contributed by atoms with E-state index in [-0.39, 0.29) is 6.10 Å². The Balaban J connectivity index is 2.08. The van der Waals surface area contributed by atoms with Gasteiger partial charge in [-0.3, -0.25) is 0 Å². The van der Waals surface area contributed by atoms with E-state index in [1.54, 1.807) is 0 Å². The van der Waals surface area contributed by atoms with Gasteiger partial charge in [-0.05, 0) is 31.1 Å². The van der Waals surface area contributed by atoms with Gasteiger partial charge in [0.25, 0.3) is 0 Å². The largest absolute Gasteiger partial charge is 0.389 e. The van der Waals surface area contributed by atoms with Crippen LogP contribution in [-0.2, 0) is 4.74 Å². The second kappa shape index (κ2) is 8.13. The summed E-state index contributed by atoms with van der Waals surface area (Å²) in [5.74, 6) is 0. The number of rotatable bonds is 8. The molecule has 1 fully saturated rings. The summed E-state index contributed by atoms with van der Waals surface area (Å²) >= 11 is 0. The molecule has 0 bridgehead atoms. The Morgan fingerprint density at radius 2 is 2.22 bits per heavy atom. The molecule has 0 amide bonds. The number of nitrogens with one attached hydrogen (secondary N) is 1. The fraction of sp³-hybridized carbons (Fsp3) is 1.00. The lowest BCUT2D eigenvalue weighted by atomic mass is 9.75. The molecule has 2 atom stereocenters. The molecule has 0 saturated heterocycles. The molecule has 108 valence electrons. The monoisotopic (exact) mass is 257 g/mol. The van der Waals surface area contributed by atoms with Gasteiger partial charge in [-0.1, -0.05) is 33.6 Å². The number of hydrogen-bond donors (Lipinski definition) is 2. The van der Waals surface area contributed by atoms with Crippen LogP contribution in [0, 0.1) is 5.41 Å². The summed E-state index contributed by atoms with van der Waals surface area (Å²) in [6.07, 6.45) is 6.94. The van der Waals surface area contributed by atoms with Gasteiger partial charge in [-0.25, -0.2) is 0 Å². The maximum atomic E-state index is 9.82. The van der Waals surface area contributed by atoms with Gasteiger partial charge < -0.3 is 15.2 Å². The molecule has 1 aliphatic carbocycles. The Morgan fingerprint density at radius 1 is 1.44 bits per heavy atom. The maximum Gasteiger partial charge on any atom is 0.0897 e. The van der Waals surface area contributed by atoms with Gasteiger partial charge in [0.1, 0.15) is 0 Å². The maximum absolute atomic E-state index is 9.82. The van der Waals surface area contributed by atoms with Crippen molar-refractivity contribution in [3.8, 4) is 0 Å². The number of aliphatic hydroxyl groups is 1. The third-order valence-electron chi connectivity index (χ3n) is 3.80. The van der Waals surface area contributed by atoms with Gasteiger partial charge in [0.15, 0.2) is 0 Å². The zero-order valence-corrected chi connectivity index (χ0v) is 12.4. The van der Waals surface area contributed by atoms with Gasteiger partial charge >= 0.3 is 0 Å². The zero-order valence-electron chi connectivity index (χ0n) is 12.4. The van der Waals surface area contributed by atoms with Crippen LogP contribution in [0.4, 0.5) is 0 Å².